The van der Waals surface area contributed by atoms with Gasteiger partial charge in [-0.25, -0.2) is 13.2 Å². The van der Waals surface area contributed by atoms with Crippen LogP contribution in [0.25, 0.3) is 10.9 Å². The summed E-state index contributed by atoms with van der Waals surface area (Å²) in [6.07, 6.45) is -0.0137. The molecule has 3 N–H and O–H groups in total. The first kappa shape index (κ1) is 24.2. The van der Waals surface area contributed by atoms with Crippen LogP contribution in [0.1, 0.15) is 12.0 Å². The van der Waals surface area contributed by atoms with E-state index in [0.29, 0.717) is 32.9 Å². The van der Waals surface area contributed by atoms with Crippen LogP contribution in [-0.4, -0.2) is 23.9 Å². The Morgan fingerprint density at radius 1 is 1.00 bits per heavy atom. The van der Waals surface area contributed by atoms with E-state index in [2.05, 4.69) is 15.0 Å². The topological polar surface area (TPSA) is 130 Å². The van der Waals surface area contributed by atoms with E-state index < -0.39 is 21.3 Å². The molecule has 0 spiro atoms. The van der Waals surface area contributed by atoms with Crippen molar-refractivity contribution in [2.75, 3.05) is 10.0 Å². The lowest BCUT2D eigenvalue weighted by Crippen LogP contribution is -2.31. The van der Waals surface area contributed by atoms with Gasteiger partial charge in [-0.05, 0) is 67.1 Å². The van der Waals surface area contributed by atoms with Crippen LogP contribution in [0.5, 0.6) is 0 Å². The molecule has 0 aliphatic heterocycles. The third-order valence-corrected chi connectivity index (χ3v) is 7.09. The number of H-pyrrole nitrogens is 1. The van der Waals surface area contributed by atoms with Gasteiger partial charge in [-0.3, -0.25) is 23.9 Å². The molecule has 4 aromatic rings. The number of amides is 1. The van der Waals surface area contributed by atoms with Gasteiger partial charge in [0, 0.05) is 29.4 Å². The number of nitrogens with one attached hydrogen (secondary N) is 3. The lowest BCUT2D eigenvalue weighted by molar-refractivity contribution is -0.116. The normalized spacial score (nSPS) is 11.4. The van der Waals surface area contributed by atoms with E-state index in [-0.39, 0.29) is 23.8 Å². The molecule has 4 rings (SSSR count). The van der Waals surface area contributed by atoms with Crippen LogP contribution in [0.2, 0.25) is 5.02 Å². The number of hydrogen-bond donors (Lipinski definition) is 3. The Labute approximate surface area is 205 Å². The number of aryl methyl sites for hydroxylation is 2. The maximum atomic E-state index is 12.7. The number of nitrogens with zero attached hydrogens (tertiary/aromatic N) is 1. The molecule has 0 saturated heterocycles. The monoisotopic (exact) mass is 512 g/mol. The van der Waals surface area contributed by atoms with Gasteiger partial charge >= 0.3 is 5.69 Å². The summed E-state index contributed by atoms with van der Waals surface area (Å²) < 4.78 is 29.2. The number of sulfonamides is 1. The fraction of sp³-hybridized carbons (Fsp3) is 0.125. The number of anilines is 2. The fourth-order valence-corrected chi connectivity index (χ4v) is 5.16. The number of benzene rings is 3. The van der Waals surface area contributed by atoms with Crippen LogP contribution in [0, 0.1) is 6.92 Å². The van der Waals surface area contributed by atoms with Crippen molar-refractivity contribution < 1.29 is 13.2 Å². The number of carbonyl (C=O) groups is 1. The molecule has 35 heavy (non-hydrogen) atoms. The van der Waals surface area contributed by atoms with Gasteiger partial charge in [0.2, 0.25) is 5.91 Å². The summed E-state index contributed by atoms with van der Waals surface area (Å²) in [5.74, 6) is -0.350. The van der Waals surface area contributed by atoms with Crippen molar-refractivity contribution in [3.8, 4) is 0 Å². The van der Waals surface area contributed by atoms with E-state index in [1.807, 2.05) is 0 Å². The molecule has 1 heterocycles. The second kappa shape index (κ2) is 9.77. The zero-order chi connectivity index (χ0) is 25.2. The van der Waals surface area contributed by atoms with Crippen LogP contribution in [0.3, 0.4) is 0 Å². The molecule has 0 atom stereocenters. The smallest absolute Gasteiger partial charge is 0.326 e. The number of fused-ring (bicyclic) bond motifs is 1. The number of aromatic amines is 1. The predicted molar refractivity (Wildman–Crippen MR) is 136 cm³/mol. The van der Waals surface area contributed by atoms with Gasteiger partial charge in [-0.1, -0.05) is 23.7 Å². The van der Waals surface area contributed by atoms with E-state index in [1.165, 1.54) is 28.8 Å². The largest absolute Gasteiger partial charge is 0.328 e. The minimum Gasteiger partial charge on any atom is -0.326 e. The highest BCUT2D eigenvalue weighted by Gasteiger charge is 2.17. The number of aromatic nitrogens is 2. The highest BCUT2D eigenvalue weighted by atomic mass is 35.5. The zero-order valence-electron chi connectivity index (χ0n) is 18.5. The minimum absolute atomic E-state index is 0.0137. The Morgan fingerprint density at radius 3 is 2.40 bits per heavy atom. The molecular formula is C24H21ClN4O5S. The summed E-state index contributed by atoms with van der Waals surface area (Å²) in [6, 6.07) is 17.3. The van der Waals surface area contributed by atoms with Crippen molar-refractivity contribution >= 4 is 49.8 Å². The van der Waals surface area contributed by atoms with Gasteiger partial charge in [0.15, 0.2) is 0 Å². The molecule has 0 unspecified atom stereocenters. The maximum Gasteiger partial charge on any atom is 0.328 e. The second-order valence-corrected chi connectivity index (χ2v) is 9.91. The molecule has 9 nitrogen and oxygen atoms in total. The van der Waals surface area contributed by atoms with E-state index in [1.54, 1.807) is 49.4 Å². The molecule has 1 amide bonds. The molecule has 11 heteroatoms. The fourth-order valence-electron chi connectivity index (χ4n) is 3.65. The SMILES string of the molecule is Cc1cc(Cl)ccc1S(=O)(=O)Nc1ccc(NC(=O)CCn2c(=O)[nH]c(=O)c3ccccc32)cc1. The lowest BCUT2D eigenvalue weighted by atomic mass is 10.2. The van der Waals surface area contributed by atoms with Crippen LogP contribution < -0.4 is 21.3 Å². The number of carbonyl (C=O) groups excluding carboxylic acids is 1. The third kappa shape index (κ3) is 5.44. The van der Waals surface area contributed by atoms with Crippen molar-refractivity contribution in [1.29, 1.82) is 0 Å². The highest BCUT2D eigenvalue weighted by Crippen LogP contribution is 2.23. The molecule has 0 radical (unpaired) electrons. The van der Waals surface area contributed by atoms with Crippen LogP contribution in [0.4, 0.5) is 11.4 Å². The minimum atomic E-state index is -3.81. The van der Waals surface area contributed by atoms with Gasteiger partial charge in [0.25, 0.3) is 15.6 Å². The Kier molecular flexibility index (Phi) is 6.77. The van der Waals surface area contributed by atoms with Crippen LogP contribution >= 0.6 is 11.6 Å². The van der Waals surface area contributed by atoms with Crippen molar-refractivity contribution in [3.63, 3.8) is 0 Å². The van der Waals surface area contributed by atoms with Gasteiger partial charge in [0.1, 0.15) is 0 Å². The summed E-state index contributed by atoms with van der Waals surface area (Å²) in [4.78, 5) is 39.0. The second-order valence-electron chi connectivity index (χ2n) is 7.82. The molecule has 180 valence electrons. The van der Waals surface area contributed by atoms with E-state index in [0.717, 1.165) is 0 Å². The first-order valence-electron chi connectivity index (χ1n) is 10.5. The summed E-state index contributed by atoms with van der Waals surface area (Å²) in [7, 11) is -3.81. The summed E-state index contributed by atoms with van der Waals surface area (Å²) >= 11 is 5.90. The van der Waals surface area contributed by atoms with Crippen molar-refractivity contribution in [2.45, 2.75) is 24.8 Å². The van der Waals surface area contributed by atoms with Crippen molar-refractivity contribution in [1.82, 2.24) is 9.55 Å². The quantitative estimate of drug-likeness (QED) is 0.349. The molecular weight excluding hydrogens is 492 g/mol. The molecule has 0 bridgehead atoms. The van der Waals surface area contributed by atoms with Crippen molar-refractivity contribution in [2.24, 2.45) is 0 Å². The number of hydrogen-bond acceptors (Lipinski definition) is 5. The standard InChI is InChI=1S/C24H21ClN4O5S/c1-15-14-16(25)6-11-21(15)35(33,34)28-18-9-7-17(8-10-18)26-22(30)12-13-29-20-5-3-2-4-19(20)23(31)27-24(29)32/h2-11,14,28H,12-13H2,1H3,(H,26,30)(H,27,31,32). The van der Waals surface area contributed by atoms with Crippen molar-refractivity contribution in [3.05, 3.63) is 98.2 Å². The number of rotatable bonds is 7. The molecule has 0 saturated carbocycles. The molecule has 0 fully saturated rings. The summed E-state index contributed by atoms with van der Waals surface area (Å²) in [5.41, 5.74) is 0.676. The maximum absolute atomic E-state index is 12.7. The lowest BCUT2D eigenvalue weighted by Gasteiger charge is -2.12. The Balaban J connectivity index is 1.41. The first-order valence-corrected chi connectivity index (χ1v) is 12.4. The summed E-state index contributed by atoms with van der Waals surface area (Å²) in [5, 5.41) is 3.52. The Morgan fingerprint density at radius 2 is 1.69 bits per heavy atom. The average Bonchev–Trinajstić information content (AvgIpc) is 2.80. The van der Waals surface area contributed by atoms with Gasteiger partial charge in [-0.2, -0.15) is 0 Å². The number of halogens is 1. The Bertz CT molecular complexity index is 1640. The summed E-state index contributed by atoms with van der Waals surface area (Å²) in [6.45, 7) is 1.73. The zero-order valence-corrected chi connectivity index (χ0v) is 20.1. The molecule has 1 aromatic heterocycles. The average molecular weight is 513 g/mol. The molecule has 3 aromatic carbocycles. The van der Waals surface area contributed by atoms with Crippen LogP contribution in [-0.2, 0) is 21.4 Å². The molecule has 0 aliphatic carbocycles. The number of para-hydroxylation sites is 1. The van der Waals surface area contributed by atoms with E-state index in [4.69, 9.17) is 11.6 Å². The third-order valence-electron chi connectivity index (χ3n) is 5.31. The molecule has 0 aliphatic rings. The van der Waals surface area contributed by atoms with Gasteiger partial charge in [-0.15, -0.1) is 0 Å². The Hall–Kier alpha value is -3.89. The predicted octanol–water partition coefficient (Wildman–Crippen LogP) is 3.48. The van der Waals surface area contributed by atoms with E-state index >= 15 is 0 Å². The first-order chi connectivity index (χ1) is 16.6. The van der Waals surface area contributed by atoms with Crippen LogP contribution in [0.15, 0.2) is 81.2 Å². The van der Waals surface area contributed by atoms with Gasteiger partial charge in [0.05, 0.1) is 15.8 Å². The highest BCUT2D eigenvalue weighted by molar-refractivity contribution is 7.92. The van der Waals surface area contributed by atoms with E-state index in [9.17, 15) is 22.8 Å². The van der Waals surface area contributed by atoms with Gasteiger partial charge < -0.3 is 5.32 Å².